The van der Waals surface area contributed by atoms with Gasteiger partial charge in [0.1, 0.15) is 18.5 Å². The molecule has 0 aliphatic carbocycles. The molecule has 1 saturated heterocycles. The topological polar surface area (TPSA) is 38.8 Å². The first-order chi connectivity index (χ1) is 10.3. The molecule has 1 atom stereocenters. The molecule has 1 aliphatic rings. The zero-order chi connectivity index (χ0) is 14.5. The number of epoxide rings is 1. The Morgan fingerprint density at radius 3 is 2.52 bits per heavy atom. The van der Waals surface area contributed by atoms with E-state index in [1.165, 1.54) is 0 Å². The number of ketones is 1. The van der Waals surface area contributed by atoms with Crippen molar-refractivity contribution in [3.8, 4) is 5.75 Å². The first kappa shape index (κ1) is 13.6. The van der Waals surface area contributed by atoms with Crippen LogP contribution in [0.4, 0.5) is 0 Å². The van der Waals surface area contributed by atoms with Crippen LogP contribution in [0, 0.1) is 0 Å². The van der Waals surface area contributed by atoms with Gasteiger partial charge < -0.3 is 9.47 Å². The van der Waals surface area contributed by atoms with E-state index in [4.69, 9.17) is 9.47 Å². The molecule has 3 nitrogen and oxygen atoms in total. The lowest BCUT2D eigenvalue weighted by molar-refractivity contribution is 0.104. The van der Waals surface area contributed by atoms with E-state index in [0.717, 1.165) is 17.9 Å². The highest BCUT2D eigenvalue weighted by Gasteiger charge is 2.22. The van der Waals surface area contributed by atoms with E-state index in [1.807, 2.05) is 48.5 Å². The fraction of sp³-hybridized carbons (Fsp3) is 0.167. The molecule has 1 heterocycles. The third-order valence-electron chi connectivity index (χ3n) is 3.20. The van der Waals surface area contributed by atoms with Crippen molar-refractivity contribution in [2.75, 3.05) is 13.2 Å². The smallest absolute Gasteiger partial charge is 0.185 e. The van der Waals surface area contributed by atoms with Gasteiger partial charge in [-0.3, -0.25) is 4.79 Å². The molecule has 3 rings (SSSR count). The summed E-state index contributed by atoms with van der Waals surface area (Å²) in [6.45, 7) is 1.35. The summed E-state index contributed by atoms with van der Waals surface area (Å²) in [4.78, 5) is 12.1. The first-order valence-corrected chi connectivity index (χ1v) is 6.93. The highest BCUT2D eigenvalue weighted by molar-refractivity contribution is 6.06. The van der Waals surface area contributed by atoms with Crippen molar-refractivity contribution < 1.29 is 14.3 Å². The average molecular weight is 280 g/mol. The van der Waals surface area contributed by atoms with Gasteiger partial charge in [-0.05, 0) is 35.9 Å². The summed E-state index contributed by atoms with van der Waals surface area (Å²) in [6.07, 6.45) is 3.64. The quantitative estimate of drug-likeness (QED) is 0.462. The fourth-order valence-electron chi connectivity index (χ4n) is 1.90. The summed E-state index contributed by atoms with van der Waals surface area (Å²) >= 11 is 0. The summed E-state index contributed by atoms with van der Waals surface area (Å²) in [5.74, 6) is 0.741. The number of hydrogen-bond donors (Lipinski definition) is 0. The maximum Gasteiger partial charge on any atom is 0.185 e. The molecule has 21 heavy (non-hydrogen) atoms. The SMILES string of the molecule is O=C(C=Cc1ccccc1)c1ccc(OCC2CO2)cc1. The van der Waals surface area contributed by atoms with Crippen molar-refractivity contribution in [1.29, 1.82) is 0 Å². The lowest BCUT2D eigenvalue weighted by Crippen LogP contribution is -2.04. The van der Waals surface area contributed by atoms with Gasteiger partial charge in [0.05, 0.1) is 6.61 Å². The number of carbonyl (C=O) groups excluding carboxylic acids is 1. The molecule has 106 valence electrons. The molecule has 0 spiro atoms. The summed E-state index contributed by atoms with van der Waals surface area (Å²) in [6, 6.07) is 16.9. The average Bonchev–Trinajstić information content (AvgIpc) is 3.36. The Morgan fingerprint density at radius 1 is 1.14 bits per heavy atom. The Labute approximate surface area is 123 Å². The largest absolute Gasteiger partial charge is 0.491 e. The Hall–Kier alpha value is -2.39. The van der Waals surface area contributed by atoms with Crippen molar-refractivity contribution in [1.82, 2.24) is 0 Å². The molecule has 3 heteroatoms. The highest BCUT2D eigenvalue weighted by atomic mass is 16.6. The van der Waals surface area contributed by atoms with Gasteiger partial charge in [-0.25, -0.2) is 0 Å². The minimum atomic E-state index is -0.0177. The predicted molar refractivity (Wildman–Crippen MR) is 81.5 cm³/mol. The molecule has 0 radical (unpaired) electrons. The van der Waals surface area contributed by atoms with Crippen molar-refractivity contribution >= 4 is 11.9 Å². The van der Waals surface area contributed by atoms with Gasteiger partial charge in [-0.15, -0.1) is 0 Å². The van der Waals surface area contributed by atoms with Crippen LogP contribution in [-0.4, -0.2) is 25.1 Å². The normalized spacial score (nSPS) is 16.9. The minimum Gasteiger partial charge on any atom is -0.491 e. The van der Waals surface area contributed by atoms with E-state index < -0.39 is 0 Å². The third kappa shape index (κ3) is 4.04. The predicted octanol–water partition coefficient (Wildman–Crippen LogP) is 3.36. The number of carbonyl (C=O) groups is 1. The van der Waals surface area contributed by atoms with E-state index in [-0.39, 0.29) is 11.9 Å². The molecular weight excluding hydrogens is 264 g/mol. The molecular formula is C18H16O3. The summed E-state index contributed by atoms with van der Waals surface area (Å²) in [7, 11) is 0. The summed E-state index contributed by atoms with van der Waals surface area (Å²) in [5.41, 5.74) is 1.66. The maximum atomic E-state index is 12.1. The van der Waals surface area contributed by atoms with E-state index in [0.29, 0.717) is 12.2 Å². The standard InChI is InChI=1S/C18H16O3/c19-18(11-6-14-4-2-1-3-5-14)15-7-9-16(10-8-15)20-12-17-13-21-17/h1-11,17H,12-13H2. The van der Waals surface area contributed by atoms with Crippen LogP contribution in [-0.2, 0) is 4.74 Å². The second kappa shape index (κ2) is 6.37. The van der Waals surface area contributed by atoms with E-state index in [2.05, 4.69) is 0 Å². The van der Waals surface area contributed by atoms with Gasteiger partial charge in [0.15, 0.2) is 5.78 Å². The van der Waals surface area contributed by atoms with Crippen LogP contribution in [0.15, 0.2) is 60.7 Å². The number of allylic oxidation sites excluding steroid dienone is 1. The molecule has 1 fully saturated rings. The van der Waals surface area contributed by atoms with Crippen LogP contribution in [0.3, 0.4) is 0 Å². The molecule has 2 aromatic rings. The summed E-state index contributed by atoms with van der Waals surface area (Å²) < 4.78 is 10.6. The van der Waals surface area contributed by atoms with E-state index >= 15 is 0 Å². The number of rotatable bonds is 6. The molecule has 0 bridgehead atoms. The third-order valence-corrected chi connectivity index (χ3v) is 3.20. The maximum absolute atomic E-state index is 12.1. The van der Waals surface area contributed by atoms with Crippen LogP contribution < -0.4 is 4.74 Å². The van der Waals surface area contributed by atoms with Crippen molar-refractivity contribution in [2.24, 2.45) is 0 Å². The number of ether oxygens (including phenoxy) is 2. The van der Waals surface area contributed by atoms with Crippen molar-refractivity contribution in [3.05, 3.63) is 71.8 Å². The number of hydrogen-bond acceptors (Lipinski definition) is 3. The first-order valence-electron chi connectivity index (χ1n) is 6.93. The molecule has 1 unspecified atom stereocenters. The summed E-state index contributed by atoms with van der Waals surface area (Å²) in [5, 5.41) is 0. The second-order valence-electron chi connectivity index (χ2n) is 4.90. The number of benzene rings is 2. The lowest BCUT2D eigenvalue weighted by Gasteiger charge is -2.04. The van der Waals surface area contributed by atoms with Crippen LogP contribution in [0.1, 0.15) is 15.9 Å². The van der Waals surface area contributed by atoms with Crippen molar-refractivity contribution in [2.45, 2.75) is 6.10 Å². The van der Waals surface area contributed by atoms with E-state index in [9.17, 15) is 4.79 Å². The van der Waals surface area contributed by atoms with Gasteiger partial charge in [-0.2, -0.15) is 0 Å². The highest BCUT2D eigenvalue weighted by Crippen LogP contribution is 2.16. The van der Waals surface area contributed by atoms with Gasteiger partial charge in [0.2, 0.25) is 0 Å². The Kier molecular flexibility index (Phi) is 4.12. The van der Waals surface area contributed by atoms with Crippen LogP contribution >= 0.6 is 0 Å². The Bertz CT molecular complexity index is 625. The zero-order valence-electron chi connectivity index (χ0n) is 11.6. The van der Waals surface area contributed by atoms with Gasteiger partial charge in [-0.1, -0.05) is 36.4 Å². The molecule has 0 aromatic heterocycles. The molecule has 1 aliphatic heterocycles. The molecule has 2 aromatic carbocycles. The minimum absolute atomic E-state index is 0.0177. The van der Waals surface area contributed by atoms with Crippen LogP contribution in [0.5, 0.6) is 5.75 Å². The second-order valence-corrected chi connectivity index (χ2v) is 4.90. The van der Waals surface area contributed by atoms with Crippen molar-refractivity contribution in [3.63, 3.8) is 0 Å². The monoisotopic (exact) mass is 280 g/mol. The van der Waals surface area contributed by atoms with Gasteiger partial charge in [0.25, 0.3) is 0 Å². The molecule has 0 N–H and O–H groups in total. The zero-order valence-corrected chi connectivity index (χ0v) is 11.6. The van der Waals surface area contributed by atoms with Crippen LogP contribution in [0.25, 0.3) is 6.08 Å². The molecule has 0 saturated carbocycles. The van der Waals surface area contributed by atoms with Gasteiger partial charge >= 0.3 is 0 Å². The van der Waals surface area contributed by atoms with E-state index in [1.54, 1.807) is 18.2 Å². The fourth-order valence-corrected chi connectivity index (χ4v) is 1.90. The molecule has 0 amide bonds. The van der Waals surface area contributed by atoms with Gasteiger partial charge in [0, 0.05) is 5.56 Å². The van der Waals surface area contributed by atoms with Crippen LogP contribution in [0.2, 0.25) is 0 Å². The Balaban J connectivity index is 1.60. The Morgan fingerprint density at radius 2 is 1.86 bits per heavy atom. The lowest BCUT2D eigenvalue weighted by atomic mass is 10.1.